The van der Waals surface area contributed by atoms with Gasteiger partial charge in [-0.2, -0.15) is 0 Å². The quantitative estimate of drug-likeness (QED) is 0.468. The lowest BCUT2D eigenvalue weighted by atomic mass is 9.98. The van der Waals surface area contributed by atoms with Gasteiger partial charge in [0.25, 0.3) is 0 Å². The van der Waals surface area contributed by atoms with E-state index in [1.807, 2.05) is 19.9 Å². The van der Waals surface area contributed by atoms with Crippen molar-refractivity contribution in [2.45, 2.75) is 32.3 Å². The fourth-order valence-electron chi connectivity index (χ4n) is 3.99. The Morgan fingerprint density at radius 3 is 2.68 bits per heavy atom. The lowest BCUT2D eigenvalue weighted by Crippen LogP contribution is -2.44. The summed E-state index contributed by atoms with van der Waals surface area (Å²) in [4.78, 5) is 40.1. The number of benzene rings is 1. The van der Waals surface area contributed by atoms with E-state index < -0.39 is 17.4 Å². The number of aryl methyl sites for hydroxylation is 1. The number of carbonyl (C=O) groups is 3. The summed E-state index contributed by atoms with van der Waals surface area (Å²) in [5.74, 6) is -1.63. The van der Waals surface area contributed by atoms with Gasteiger partial charge in [0, 0.05) is 28.7 Å². The van der Waals surface area contributed by atoms with E-state index in [9.17, 15) is 19.5 Å². The molecule has 0 radical (unpaired) electrons. The Balaban J connectivity index is 1.46. The lowest BCUT2D eigenvalue weighted by molar-refractivity contribution is -0.136. The number of rotatable bonds is 6. The van der Waals surface area contributed by atoms with Gasteiger partial charge in [-0.05, 0) is 54.1 Å². The zero-order chi connectivity index (χ0) is 24.3. The van der Waals surface area contributed by atoms with Crippen molar-refractivity contribution in [2.75, 3.05) is 23.3 Å². The molecule has 178 valence electrons. The van der Waals surface area contributed by atoms with Crippen molar-refractivity contribution in [2.24, 2.45) is 5.92 Å². The fraction of sp³-hybridized carbons (Fsp3) is 0.320. The number of thiophene rings is 1. The van der Waals surface area contributed by atoms with Crippen molar-refractivity contribution < 1.29 is 23.9 Å². The molecule has 3 amide bonds. The summed E-state index contributed by atoms with van der Waals surface area (Å²) < 4.78 is 5.38. The van der Waals surface area contributed by atoms with Crippen LogP contribution in [0, 0.1) is 5.92 Å². The van der Waals surface area contributed by atoms with Crippen molar-refractivity contribution in [1.29, 1.82) is 0 Å². The van der Waals surface area contributed by atoms with Crippen LogP contribution in [-0.4, -0.2) is 35.9 Å². The van der Waals surface area contributed by atoms with Crippen LogP contribution in [0.25, 0.3) is 0 Å². The number of furan rings is 1. The first-order valence-electron chi connectivity index (χ1n) is 11.1. The van der Waals surface area contributed by atoms with E-state index in [4.69, 9.17) is 4.42 Å². The average Bonchev–Trinajstić information content (AvgIpc) is 3.56. The van der Waals surface area contributed by atoms with E-state index in [2.05, 4.69) is 10.6 Å². The Morgan fingerprint density at radius 2 is 2.00 bits per heavy atom. The minimum Gasteiger partial charge on any atom is -0.466 e. The smallest absolute Gasteiger partial charge is 0.313 e. The Morgan fingerprint density at radius 1 is 1.18 bits per heavy atom. The first kappa shape index (κ1) is 23.7. The molecule has 0 bridgehead atoms. The zero-order valence-electron chi connectivity index (χ0n) is 19.0. The average molecular weight is 482 g/mol. The van der Waals surface area contributed by atoms with Gasteiger partial charge < -0.3 is 25.1 Å². The van der Waals surface area contributed by atoms with Gasteiger partial charge in [-0.3, -0.25) is 14.4 Å². The molecule has 34 heavy (non-hydrogen) atoms. The third kappa shape index (κ3) is 4.76. The van der Waals surface area contributed by atoms with Crippen LogP contribution in [0.4, 0.5) is 11.4 Å². The summed E-state index contributed by atoms with van der Waals surface area (Å²) in [7, 11) is 0. The van der Waals surface area contributed by atoms with E-state index in [1.54, 1.807) is 46.7 Å². The number of nitrogens with zero attached hydrogens (tertiary/aromatic N) is 1. The van der Waals surface area contributed by atoms with Crippen LogP contribution in [-0.2, 0) is 26.4 Å². The topological polar surface area (TPSA) is 112 Å². The minimum atomic E-state index is -1.60. The number of amides is 3. The van der Waals surface area contributed by atoms with E-state index in [-0.39, 0.29) is 24.1 Å². The second-order valence-electron chi connectivity index (χ2n) is 8.54. The molecular weight excluding hydrogens is 454 g/mol. The molecule has 0 aliphatic carbocycles. The first-order valence-corrected chi connectivity index (χ1v) is 12.0. The monoisotopic (exact) mass is 481 g/mol. The predicted octanol–water partition coefficient (Wildman–Crippen LogP) is 3.27. The van der Waals surface area contributed by atoms with E-state index in [0.29, 0.717) is 17.1 Å². The normalized spacial score (nSPS) is 14.9. The number of carbonyl (C=O) groups excluding carboxylic acids is 3. The number of fused-ring (bicyclic) bond motifs is 1. The molecule has 1 unspecified atom stereocenters. The van der Waals surface area contributed by atoms with E-state index in [0.717, 1.165) is 24.1 Å². The maximum Gasteiger partial charge on any atom is 0.313 e. The number of nitrogens with one attached hydrogen (secondary N) is 2. The van der Waals surface area contributed by atoms with Gasteiger partial charge in [-0.25, -0.2) is 0 Å². The molecule has 9 heteroatoms. The molecule has 2 aromatic heterocycles. The molecule has 3 heterocycles. The van der Waals surface area contributed by atoms with Gasteiger partial charge in [-0.15, -0.1) is 11.3 Å². The molecule has 0 saturated carbocycles. The molecule has 0 fully saturated rings. The van der Waals surface area contributed by atoms with E-state index >= 15 is 0 Å². The molecule has 8 nitrogen and oxygen atoms in total. The number of hydrogen-bond donors (Lipinski definition) is 3. The van der Waals surface area contributed by atoms with Gasteiger partial charge >= 0.3 is 11.8 Å². The highest BCUT2D eigenvalue weighted by atomic mass is 32.1. The summed E-state index contributed by atoms with van der Waals surface area (Å²) in [6, 6.07) is 12.1. The van der Waals surface area contributed by atoms with Gasteiger partial charge in [0.15, 0.2) is 5.60 Å². The maximum absolute atomic E-state index is 12.6. The second kappa shape index (κ2) is 9.82. The van der Waals surface area contributed by atoms with Crippen molar-refractivity contribution >= 4 is 40.4 Å². The van der Waals surface area contributed by atoms with E-state index in [1.165, 1.54) is 17.6 Å². The molecule has 1 aliphatic heterocycles. The molecule has 0 saturated heterocycles. The predicted molar refractivity (Wildman–Crippen MR) is 130 cm³/mol. The molecular formula is C25H27N3O5S. The van der Waals surface area contributed by atoms with Crippen LogP contribution < -0.4 is 15.5 Å². The van der Waals surface area contributed by atoms with Gasteiger partial charge in [0.05, 0.1) is 12.8 Å². The van der Waals surface area contributed by atoms with Crippen molar-refractivity contribution in [3.63, 3.8) is 0 Å². The van der Waals surface area contributed by atoms with Crippen LogP contribution >= 0.6 is 11.3 Å². The Bertz CT molecular complexity index is 1140. The summed E-state index contributed by atoms with van der Waals surface area (Å²) in [5.41, 5.74) is 0.606. The standard InChI is InChI=1S/C25H27N3O5S/c1-16(2)24(31)28-11-3-6-17-9-10-18(14-19(17)28)27-23(30)22(29)26-15-25(32,20-7-4-12-33-20)21-8-5-13-34-21/h4-5,7-10,12-14,16,32H,3,6,11,15H2,1-2H3,(H,26,29)(H,27,30). The van der Waals surface area contributed by atoms with Crippen LogP contribution in [0.3, 0.4) is 0 Å². The fourth-order valence-corrected chi connectivity index (χ4v) is 4.82. The van der Waals surface area contributed by atoms with Gasteiger partial charge in [0.1, 0.15) is 5.76 Å². The van der Waals surface area contributed by atoms with Gasteiger partial charge in [0.2, 0.25) is 5.91 Å². The largest absolute Gasteiger partial charge is 0.466 e. The summed E-state index contributed by atoms with van der Waals surface area (Å²) in [6.45, 7) is 4.09. The first-order chi connectivity index (χ1) is 16.3. The molecule has 0 spiro atoms. The van der Waals surface area contributed by atoms with Crippen molar-refractivity contribution in [3.05, 3.63) is 70.3 Å². The third-order valence-electron chi connectivity index (χ3n) is 5.79. The van der Waals surface area contributed by atoms with Crippen LogP contribution in [0.5, 0.6) is 0 Å². The summed E-state index contributed by atoms with van der Waals surface area (Å²) in [5, 5.41) is 18.2. The molecule has 1 aliphatic rings. The summed E-state index contributed by atoms with van der Waals surface area (Å²) in [6.07, 6.45) is 3.16. The molecule has 3 aromatic rings. The molecule has 1 aromatic carbocycles. The molecule has 3 N–H and O–H groups in total. The van der Waals surface area contributed by atoms with Crippen LogP contribution in [0.1, 0.15) is 36.5 Å². The minimum absolute atomic E-state index is 0.0213. The molecule has 1 atom stereocenters. The highest BCUT2D eigenvalue weighted by Crippen LogP contribution is 2.33. The highest BCUT2D eigenvalue weighted by Gasteiger charge is 2.36. The summed E-state index contributed by atoms with van der Waals surface area (Å²) >= 11 is 1.31. The Hall–Kier alpha value is -3.43. The number of hydrogen-bond acceptors (Lipinski definition) is 6. The Labute approximate surface area is 201 Å². The maximum atomic E-state index is 12.6. The molecule has 4 rings (SSSR count). The SMILES string of the molecule is CC(C)C(=O)N1CCCc2ccc(NC(=O)C(=O)NCC(O)(c3ccco3)c3cccs3)cc21. The zero-order valence-corrected chi connectivity index (χ0v) is 19.9. The number of anilines is 2. The lowest BCUT2D eigenvalue weighted by Gasteiger charge is -2.31. The van der Waals surface area contributed by atoms with Crippen molar-refractivity contribution in [3.8, 4) is 0 Å². The third-order valence-corrected chi connectivity index (χ3v) is 6.81. The van der Waals surface area contributed by atoms with Crippen LogP contribution in [0.15, 0.2) is 58.5 Å². The Kier molecular flexibility index (Phi) is 6.85. The highest BCUT2D eigenvalue weighted by molar-refractivity contribution is 7.10. The van der Waals surface area contributed by atoms with Crippen molar-refractivity contribution in [1.82, 2.24) is 5.32 Å². The van der Waals surface area contributed by atoms with Crippen LogP contribution in [0.2, 0.25) is 0 Å². The number of aliphatic hydroxyl groups is 1. The second-order valence-corrected chi connectivity index (χ2v) is 9.49. The van der Waals surface area contributed by atoms with Gasteiger partial charge in [-0.1, -0.05) is 26.0 Å².